The molecule has 0 aromatic carbocycles. The van der Waals surface area contributed by atoms with Gasteiger partial charge in [-0.2, -0.15) is 0 Å². The second-order valence-corrected chi connectivity index (χ2v) is 15.1. The second kappa shape index (κ2) is 47.7. The summed E-state index contributed by atoms with van der Waals surface area (Å²) in [5.74, 6) is -0.234. The summed E-state index contributed by atoms with van der Waals surface area (Å²) in [6.45, 7) is 5.18. The Bertz CT molecular complexity index is 985. The Labute approximate surface area is 341 Å². The molecule has 316 valence electrons. The van der Waals surface area contributed by atoms with Gasteiger partial charge in [-0.05, 0) is 89.9 Å². The lowest BCUT2D eigenvalue weighted by molar-refractivity contribution is -0.154. The predicted octanol–water partition coefficient (Wildman–Crippen LogP) is 15.5. The van der Waals surface area contributed by atoms with Crippen molar-refractivity contribution in [1.82, 2.24) is 0 Å². The lowest BCUT2D eigenvalue weighted by Gasteiger charge is -2.15. The maximum atomic E-state index is 12.2. The van der Waals surface area contributed by atoms with E-state index in [0.717, 1.165) is 70.6 Å². The molecular weight excluding hydrogens is 677 g/mol. The maximum absolute atomic E-state index is 12.2. The topological polar surface area (TPSA) is 55.8 Å². The summed E-state index contributed by atoms with van der Waals surface area (Å²) < 4.78 is 11.2. The first-order valence-electron chi connectivity index (χ1n) is 23.2. The predicted molar refractivity (Wildman–Crippen MR) is 242 cm³/mol. The van der Waals surface area contributed by atoms with Gasteiger partial charge in [0.1, 0.15) is 6.10 Å². The van der Waals surface area contributed by atoms with Crippen molar-refractivity contribution < 1.29 is 19.4 Å². The number of ether oxygens (including phenoxy) is 2. The van der Waals surface area contributed by atoms with Crippen molar-refractivity contribution in [1.29, 1.82) is 0 Å². The molecule has 1 N–H and O–H groups in total. The summed E-state index contributed by atoms with van der Waals surface area (Å²) in [4.78, 5) is 12.2. The monoisotopic (exact) mass is 765 g/mol. The zero-order valence-electron chi connectivity index (χ0n) is 36.2. The summed E-state index contributed by atoms with van der Waals surface area (Å²) in [5.41, 5.74) is 0. The summed E-state index contributed by atoms with van der Waals surface area (Å²) in [6, 6.07) is 0. The first-order valence-corrected chi connectivity index (χ1v) is 23.2. The van der Waals surface area contributed by atoms with Crippen LogP contribution in [0.2, 0.25) is 0 Å². The van der Waals surface area contributed by atoms with Crippen LogP contribution in [0.1, 0.15) is 206 Å². The number of unbranched alkanes of at least 4 members (excludes halogenated alkanes) is 20. The number of rotatable bonds is 42. The fourth-order valence-electron chi connectivity index (χ4n) is 6.27. The van der Waals surface area contributed by atoms with E-state index < -0.39 is 6.10 Å². The summed E-state index contributed by atoms with van der Waals surface area (Å²) in [7, 11) is 0. The second-order valence-electron chi connectivity index (χ2n) is 15.1. The largest absolute Gasteiger partial charge is 0.457 e. The van der Waals surface area contributed by atoms with Crippen molar-refractivity contribution in [2.24, 2.45) is 0 Å². The molecule has 0 radical (unpaired) electrons. The normalized spacial score (nSPS) is 13.1. The van der Waals surface area contributed by atoms with E-state index in [1.165, 1.54) is 116 Å². The Morgan fingerprint density at radius 3 is 1.24 bits per heavy atom. The van der Waals surface area contributed by atoms with Gasteiger partial charge < -0.3 is 14.6 Å². The molecule has 55 heavy (non-hydrogen) atoms. The molecule has 0 spiro atoms. The van der Waals surface area contributed by atoms with Crippen LogP contribution in [0, 0.1) is 0 Å². The van der Waals surface area contributed by atoms with Crippen LogP contribution >= 0.6 is 0 Å². The number of hydrogen-bond acceptors (Lipinski definition) is 4. The molecule has 0 amide bonds. The van der Waals surface area contributed by atoms with E-state index in [9.17, 15) is 9.90 Å². The lowest BCUT2D eigenvalue weighted by atomic mass is 10.0. The molecule has 4 nitrogen and oxygen atoms in total. The smallest absolute Gasteiger partial charge is 0.306 e. The maximum Gasteiger partial charge on any atom is 0.306 e. The molecule has 0 saturated heterocycles. The van der Waals surface area contributed by atoms with Gasteiger partial charge in [0.2, 0.25) is 0 Å². The first-order chi connectivity index (χ1) is 27.2. The van der Waals surface area contributed by atoms with E-state index in [2.05, 4.69) is 98.9 Å². The van der Waals surface area contributed by atoms with E-state index in [0.29, 0.717) is 13.0 Å². The van der Waals surface area contributed by atoms with Crippen LogP contribution in [0.4, 0.5) is 0 Å². The van der Waals surface area contributed by atoms with Crippen molar-refractivity contribution in [2.75, 3.05) is 19.8 Å². The highest BCUT2D eigenvalue weighted by atomic mass is 16.6. The van der Waals surface area contributed by atoms with Gasteiger partial charge in [0.05, 0.1) is 13.2 Å². The molecule has 0 aliphatic rings. The van der Waals surface area contributed by atoms with Crippen molar-refractivity contribution in [3.63, 3.8) is 0 Å². The molecule has 0 aromatic heterocycles. The van der Waals surface area contributed by atoms with Gasteiger partial charge >= 0.3 is 5.97 Å². The minimum absolute atomic E-state index is 0.190. The highest BCUT2D eigenvalue weighted by Gasteiger charge is 2.13. The average molecular weight is 765 g/mol. The van der Waals surface area contributed by atoms with Crippen molar-refractivity contribution in [3.05, 3.63) is 85.1 Å². The molecule has 0 aliphatic carbocycles. The Hall–Kier alpha value is -2.43. The Balaban J connectivity index is 3.49. The number of allylic oxidation sites excluding steroid dienone is 14. The third kappa shape index (κ3) is 45.9. The summed E-state index contributed by atoms with van der Waals surface area (Å²) in [5, 5.41) is 9.62. The van der Waals surface area contributed by atoms with E-state index in [1.807, 2.05) is 0 Å². The molecule has 0 fully saturated rings. The Morgan fingerprint density at radius 1 is 0.455 bits per heavy atom. The molecular formula is C51H88O4. The van der Waals surface area contributed by atoms with Gasteiger partial charge in [-0.3, -0.25) is 4.79 Å². The van der Waals surface area contributed by atoms with Gasteiger partial charge in [-0.15, -0.1) is 0 Å². The third-order valence-electron chi connectivity index (χ3n) is 9.70. The number of carbonyl (C=O) groups excluding carboxylic acids is 1. The number of carbonyl (C=O) groups is 1. The SMILES string of the molecule is CC/C=C\C/C=C\C/C=C\C/C=C\C/C=C\CCCCCC(=O)OC(CO)COCCCCCCCCCCCCCC/C=C\C/C=C\CCCCCCC. The molecule has 1 atom stereocenters. The zero-order valence-corrected chi connectivity index (χ0v) is 36.2. The molecule has 0 aliphatic heterocycles. The minimum Gasteiger partial charge on any atom is -0.457 e. The van der Waals surface area contributed by atoms with Crippen molar-refractivity contribution in [2.45, 2.75) is 213 Å². The molecule has 0 saturated carbocycles. The van der Waals surface area contributed by atoms with E-state index in [-0.39, 0.29) is 19.2 Å². The number of aliphatic hydroxyl groups is 1. The van der Waals surface area contributed by atoms with Crippen LogP contribution in [-0.2, 0) is 14.3 Å². The molecule has 0 bridgehead atoms. The Kier molecular flexibility index (Phi) is 45.6. The average Bonchev–Trinajstić information content (AvgIpc) is 3.19. The zero-order chi connectivity index (χ0) is 39.8. The fraction of sp³-hybridized carbons (Fsp3) is 0.706. The van der Waals surface area contributed by atoms with Crippen LogP contribution in [0.15, 0.2) is 85.1 Å². The Morgan fingerprint density at radius 2 is 0.818 bits per heavy atom. The summed E-state index contributed by atoms with van der Waals surface area (Å²) in [6.07, 6.45) is 66.6. The molecule has 0 aromatic rings. The quantitative estimate of drug-likeness (QED) is 0.0382. The van der Waals surface area contributed by atoms with Gasteiger partial charge in [0, 0.05) is 13.0 Å². The molecule has 4 heteroatoms. The van der Waals surface area contributed by atoms with Crippen molar-refractivity contribution in [3.8, 4) is 0 Å². The van der Waals surface area contributed by atoms with E-state index >= 15 is 0 Å². The van der Waals surface area contributed by atoms with Gasteiger partial charge in [-0.25, -0.2) is 0 Å². The standard InChI is InChI=1S/C51H88O4/c1-3-5-7-9-11-13-15-17-19-21-23-24-25-26-27-29-31-33-35-37-39-41-43-45-47-54-49-50(48-52)55-51(53)46-44-42-40-38-36-34-32-30-28-22-20-18-16-14-12-10-8-6-4-2/h6,8,12,14-15,17-18,20-21,23,28,30,34,36,50,52H,3-5,7,9-11,13,16,19,22,24-27,29,31-33,35,37-49H2,1-2H3/b8-6-,14-12-,17-15-,20-18-,23-21-,30-28-,36-34-. The van der Waals surface area contributed by atoms with Crippen LogP contribution in [0.25, 0.3) is 0 Å². The van der Waals surface area contributed by atoms with Crippen molar-refractivity contribution >= 4 is 5.97 Å². The summed E-state index contributed by atoms with van der Waals surface area (Å²) >= 11 is 0. The van der Waals surface area contributed by atoms with Gasteiger partial charge in [0.15, 0.2) is 0 Å². The van der Waals surface area contributed by atoms with Gasteiger partial charge in [0.25, 0.3) is 0 Å². The molecule has 1 unspecified atom stereocenters. The first kappa shape index (κ1) is 52.6. The lowest BCUT2D eigenvalue weighted by Crippen LogP contribution is -2.27. The van der Waals surface area contributed by atoms with Crippen LogP contribution in [0.5, 0.6) is 0 Å². The number of hydrogen-bond donors (Lipinski definition) is 1. The molecule has 0 heterocycles. The van der Waals surface area contributed by atoms with E-state index in [4.69, 9.17) is 9.47 Å². The highest BCUT2D eigenvalue weighted by Crippen LogP contribution is 2.13. The van der Waals surface area contributed by atoms with Crippen LogP contribution in [-0.4, -0.2) is 37.0 Å². The number of aliphatic hydroxyl groups excluding tert-OH is 1. The minimum atomic E-state index is -0.558. The van der Waals surface area contributed by atoms with Crippen LogP contribution < -0.4 is 0 Å². The molecule has 0 rings (SSSR count). The highest BCUT2D eigenvalue weighted by molar-refractivity contribution is 5.69. The number of esters is 1. The van der Waals surface area contributed by atoms with Crippen LogP contribution in [0.3, 0.4) is 0 Å². The van der Waals surface area contributed by atoms with E-state index in [1.54, 1.807) is 0 Å². The van der Waals surface area contributed by atoms with Gasteiger partial charge in [-0.1, -0.05) is 195 Å². The third-order valence-corrected chi connectivity index (χ3v) is 9.70. The fourth-order valence-corrected chi connectivity index (χ4v) is 6.27.